The zero-order chi connectivity index (χ0) is 27.6. The number of carbonyl (C=O) groups excluding carboxylic acids is 3. The molecule has 0 radical (unpaired) electrons. The molecule has 0 saturated heterocycles. The predicted molar refractivity (Wildman–Crippen MR) is 150 cm³/mol. The molecule has 1 atom stereocenters. The summed E-state index contributed by atoms with van der Waals surface area (Å²) in [5.41, 5.74) is 2.07. The lowest BCUT2D eigenvalue weighted by Gasteiger charge is -2.19. The van der Waals surface area contributed by atoms with E-state index in [9.17, 15) is 14.4 Å². The highest BCUT2D eigenvalue weighted by atomic mass is 35.5. The number of halogens is 2. The SMILES string of the molecule is O=C(N[C@H](Cc1ccccc1)C(=O)Oc1ccc(Cl)cc1C(=O)Nc1cccc(Cl)c1)OCc1ccccc1. The fraction of sp³-hybridized carbons (Fsp3) is 0.100. The monoisotopic (exact) mass is 562 g/mol. The summed E-state index contributed by atoms with van der Waals surface area (Å²) in [4.78, 5) is 39.0. The van der Waals surface area contributed by atoms with Crippen molar-refractivity contribution < 1.29 is 23.9 Å². The normalized spacial score (nSPS) is 11.2. The number of hydrogen-bond acceptors (Lipinski definition) is 5. The van der Waals surface area contributed by atoms with Crippen LogP contribution in [0.4, 0.5) is 10.5 Å². The van der Waals surface area contributed by atoms with Gasteiger partial charge in [-0.3, -0.25) is 4.79 Å². The third kappa shape index (κ3) is 8.33. The lowest BCUT2D eigenvalue weighted by Crippen LogP contribution is -2.44. The minimum Gasteiger partial charge on any atom is -0.445 e. The van der Waals surface area contributed by atoms with Crippen molar-refractivity contribution in [1.29, 1.82) is 0 Å². The van der Waals surface area contributed by atoms with Crippen LogP contribution in [0.15, 0.2) is 103 Å². The van der Waals surface area contributed by atoms with Crippen LogP contribution in [-0.4, -0.2) is 24.0 Å². The minimum absolute atomic E-state index is 0.0264. The number of hydrogen-bond donors (Lipinski definition) is 2. The number of alkyl carbamates (subject to hydrolysis) is 1. The second-order valence-electron chi connectivity index (χ2n) is 8.47. The number of carbonyl (C=O) groups is 3. The standard InChI is InChI=1S/C30H24Cl2N2O5/c31-22-12-7-13-24(17-22)33-28(35)25-18-23(32)14-15-27(25)39-29(36)26(16-20-8-3-1-4-9-20)34-30(37)38-19-21-10-5-2-6-11-21/h1-15,17-18,26H,16,19H2,(H,33,35)(H,34,37)/t26-/m1/s1. The molecule has 198 valence electrons. The largest absolute Gasteiger partial charge is 0.445 e. The highest BCUT2D eigenvalue weighted by molar-refractivity contribution is 6.31. The maximum Gasteiger partial charge on any atom is 0.408 e. The molecule has 2 N–H and O–H groups in total. The Morgan fingerprint density at radius 1 is 0.744 bits per heavy atom. The van der Waals surface area contributed by atoms with Crippen molar-refractivity contribution in [2.24, 2.45) is 0 Å². The molecule has 0 aliphatic carbocycles. The Bertz CT molecular complexity index is 1450. The van der Waals surface area contributed by atoms with Gasteiger partial charge in [0.1, 0.15) is 18.4 Å². The van der Waals surface area contributed by atoms with Gasteiger partial charge in [0.05, 0.1) is 5.56 Å². The van der Waals surface area contributed by atoms with E-state index in [0.717, 1.165) is 11.1 Å². The lowest BCUT2D eigenvalue weighted by molar-refractivity contribution is -0.136. The summed E-state index contributed by atoms with van der Waals surface area (Å²) in [7, 11) is 0. The van der Waals surface area contributed by atoms with Crippen LogP contribution in [-0.2, 0) is 22.6 Å². The van der Waals surface area contributed by atoms with Crippen molar-refractivity contribution >= 4 is 46.9 Å². The summed E-state index contributed by atoms with van der Waals surface area (Å²) >= 11 is 12.1. The summed E-state index contributed by atoms with van der Waals surface area (Å²) in [6, 6.07) is 28.1. The molecule has 4 aromatic carbocycles. The molecule has 4 aromatic rings. The summed E-state index contributed by atoms with van der Waals surface area (Å²) in [5, 5.41) is 6.01. The quantitative estimate of drug-likeness (QED) is 0.175. The van der Waals surface area contributed by atoms with E-state index in [1.165, 1.54) is 18.2 Å². The van der Waals surface area contributed by atoms with Gasteiger partial charge in [0, 0.05) is 22.2 Å². The van der Waals surface area contributed by atoms with Crippen LogP contribution < -0.4 is 15.4 Å². The molecule has 0 unspecified atom stereocenters. The molecule has 0 saturated carbocycles. The maximum absolute atomic E-state index is 13.3. The smallest absolute Gasteiger partial charge is 0.408 e. The number of amides is 2. The second kappa shape index (κ2) is 13.5. The van der Waals surface area contributed by atoms with Crippen LogP contribution in [0, 0.1) is 0 Å². The molecule has 0 heterocycles. The Morgan fingerprint density at radius 2 is 1.41 bits per heavy atom. The molecule has 2 amide bonds. The Morgan fingerprint density at radius 3 is 2.10 bits per heavy atom. The second-order valence-corrected chi connectivity index (χ2v) is 9.35. The van der Waals surface area contributed by atoms with E-state index >= 15 is 0 Å². The van der Waals surface area contributed by atoms with E-state index in [1.54, 1.807) is 24.3 Å². The number of anilines is 1. The van der Waals surface area contributed by atoms with Gasteiger partial charge in [-0.05, 0) is 47.5 Å². The molecule has 0 fully saturated rings. The summed E-state index contributed by atoms with van der Waals surface area (Å²) in [6.07, 6.45) is -0.649. The van der Waals surface area contributed by atoms with Crippen LogP contribution >= 0.6 is 23.2 Å². The lowest BCUT2D eigenvalue weighted by atomic mass is 10.1. The molecule has 0 aromatic heterocycles. The fourth-order valence-corrected chi connectivity index (χ4v) is 4.03. The molecule has 0 aliphatic heterocycles. The Labute approximate surface area is 235 Å². The molecule has 4 rings (SSSR count). The van der Waals surface area contributed by atoms with Gasteiger partial charge in [-0.2, -0.15) is 0 Å². The van der Waals surface area contributed by atoms with Crippen molar-refractivity contribution in [2.75, 3.05) is 5.32 Å². The topological polar surface area (TPSA) is 93.7 Å². The summed E-state index contributed by atoms with van der Waals surface area (Å²) in [6.45, 7) is 0.0325. The third-order valence-corrected chi connectivity index (χ3v) is 6.02. The molecule has 39 heavy (non-hydrogen) atoms. The van der Waals surface area contributed by atoms with Crippen LogP contribution in [0.3, 0.4) is 0 Å². The average Bonchev–Trinajstić information content (AvgIpc) is 2.93. The van der Waals surface area contributed by atoms with E-state index in [2.05, 4.69) is 10.6 Å². The zero-order valence-corrected chi connectivity index (χ0v) is 22.1. The van der Waals surface area contributed by atoms with Gasteiger partial charge in [0.15, 0.2) is 0 Å². The predicted octanol–water partition coefficient (Wildman–Crippen LogP) is 6.69. The van der Waals surface area contributed by atoms with Crippen molar-refractivity contribution in [3.63, 3.8) is 0 Å². The van der Waals surface area contributed by atoms with E-state index in [1.807, 2.05) is 60.7 Å². The molecule has 9 heteroatoms. The average molecular weight is 563 g/mol. The minimum atomic E-state index is -1.10. The Hall–Kier alpha value is -4.33. The van der Waals surface area contributed by atoms with Crippen LogP contribution in [0.5, 0.6) is 5.75 Å². The van der Waals surface area contributed by atoms with Gasteiger partial charge in [-0.15, -0.1) is 0 Å². The molecule has 7 nitrogen and oxygen atoms in total. The molecule has 0 aliphatic rings. The molecule has 0 bridgehead atoms. The highest BCUT2D eigenvalue weighted by Crippen LogP contribution is 2.25. The number of benzene rings is 4. The van der Waals surface area contributed by atoms with Gasteiger partial charge < -0.3 is 20.1 Å². The molecular weight excluding hydrogens is 539 g/mol. The number of nitrogens with one attached hydrogen (secondary N) is 2. The van der Waals surface area contributed by atoms with Crippen molar-refractivity contribution in [3.8, 4) is 5.75 Å². The van der Waals surface area contributed by atoms with Crippen molar-refractivity contribution in [2.45, 2.75) is 19.1 Å². The summed E-state index contributed by atoms with van der Waals surface area (Å²) in [5.74, 6) is -1.37. The van der Waals surface area contributed by atoms with E-state index in [0.29, 0.717) is 10.7 Å². The zero-order valence-electron chi connectivity index (χ0n) is 20.6. The Kier molecular flexibility index (Phi) is 9.56. The van der Waals surface area contributed by atoms with Crippen molar-refractivity contribution in [1.82, 2.24) is 5.32 Å². The number of ether oxygens (including phenoxy) is 2. The maximum atomic E-state index is 13.3. The van der Waals surface area contributed by atoms with E-state index in [4.69, 9.17) is 32.7 Å². The molecule has 0 spiro atoms. The first-order valence-electron chi connectivity index (χ1n) is 12.0. The Balaban J connectivity index is 1.51. The van der Waals surface area contributed by atoms with Crippen LogP contribution in [0.1, 0.15) is 21.5 Å². The van der Waals surface area contributed by atoms with Gasteiger partial charge >= 0.3 is 12.1 Å². The first-order chi connectivity index (χ1) is 18.9. The number of rotatable bonds is 9. The van der Waals surface area contributed by atoms with Gasteiger partial charge in [0.25, 0.3) is 5.91 Å². The van der Waals surface area contributed by atoms with E-state index < -0.39 is 24.0 Å². The summed E-state index contributed by atoms with van der Waals surface area (Å²) < 4.78 is 10.9. The third-order valence-electron chi connectivity index (χ3n) is 5.55. The van der Waals surface area contributed by atoms with Crippen molar-refractivity contribution in [3.05, 3.63) is 130 Å². The van der Waals surface area contributed by atoms with Gasteiger partial charge in [-0.1, -0.05) is 89.9 Å². The number of esters is 1. The van der Waals surface area contributed by atoms with Gasteiger partial charge in [0.2, 0.25) is 0 Å². The first kappa shape index (κ1) is 27.7. The van der Waals surface area contributed by atoms with E-state index in [-0.39, 0.29) is 29.4 Å². The highest BCUT2D eigenvalue weighted by Gasteiger charge is 2.26. The van der Waals surface area contributed by atoms with Crippen LogP contribution in [0.25, 0.3) is 0 Å². The fourth-order valence-electron chi connectivity index (χ4n) is 3.66. The van der Waals surface area contributed by atoms with Gasteiger partial charge in [-0.25, -0.2) is 9.59 Å². The first-order valence-corrected chi connectivity index (χ1v) is 12.7. The molecular formula is C30H24Cl2N2O5. The van der Waals surface area contributed by atoms with Crippen LogP contribution in [0.2, 0.25) is 10.0 Å².